The molecule has 5 heteroatoms. The summed E-state index contributed by atoms with van der Waals surface area (Å²) < 4.78 is 2.41. The molecule has 0 unspecified atom stereocenters. The number of hydrogen-bond donors (Lipinski definition) is 1. The molecule has 0 amide bonds. The lowest BCUT2D eigenvalue weighted by molar-refractivity contribution is 0.405. The van der Waals surface area contributed by atoms with Crippen molar-refractivity contribution in [2.45, 2.75) is 26.8 Å². The highest BCUT2D eigenvalue weighted by atomic mass is 32.1. The fourth-order valence-corrected chi connectivity index (χ4v) is 4.12. The van der Waals surface area contributed by atoms with Crippen LogP contribution < -0.4 is 0 Å². The number of nitrogens with zero attached hydrogens (tertiary/aromatic N) is 2. The molecule has 0 fully saturated rings. The van der Waals surface area contributed by atoms with Gasteiger partial charge in [0, 0.05) is 0 Å². The number of aromatic hydroxyl groups is 1. The Bertz CT molecular complexity index is 971. The molecule has 0 spiro atoms. The molecule has 1 aromatic heterocycles. The highest BCUT2D eigenvalue weighted by Crippen LogP contribution is 2.32. The lowest BCUT2D eigenvalue weighted by Crippen LogP contribution is -2.06. The van der Waals surface area contributed by atoms with Gasteiger partial charge in [-0.1, -0.05) is 59.4 Å². The summed E-state index contributed by atoms with van der Waals surface area (Å²) in [5.41, 5.74) is 4.31. The van der Waals surface area contributed by atoms with E-state index in [1.165, 1.54) is 16.9 Å². The standard InChI is InChI=1S/C20H20N2OS2/c1-13-9-10-17(14(2)11-13)21-12-18-19(23)22(20(24)25-18)15(3)16-7-5-4-6-8-16/h4-12,15,23H,1-3H3/t15-/m0/s1. The minimum absolute atomic E-state index is 0.0341. The van der Waals surface area contributed by atoms with Crippen LogP contribution in [0, 0.1) is 17.8 Å². The van der Waals surface area contributed by atoms with Crippen molar-refractivity contribution >= 4 is 35.5 Å². The highest BCUT2D eigenvalue weighted by molar-refractivity contribution is 7.73. The van der Waals surface area contributed by atoms with Gasteiger partial charge in [-0.3, -0.25) is 9.56 Å². The first kappa shape index (κ1) is 17.6. The zero-order chi connectivity index (χ0) is 18.0. The lowest BCUT2D eigenvalue weighted by Gasteiger charge is -2.14. The van der Waals surface area contributed by atoms with Crippen LogP contribution in [0.5, 0.6) is 5.88 Å². The van der Waals surface area contributed by atoms with Gasteiger partial charge in [0.05, 0.1) is 17.9 Å². The number of aromatic nitrogens is 1. The van der Waals surface area contributed by atoms with Gasteiger partial charge < -0.3 is 5.11 Å². The smallest absolute Gasteiger partial charge is 0.212 e. The number of aryl methyl sites for hydroxylation is 2. The highest BCUT2D eigenvalue weighted by Gasteiger charge is 2.17. The number of hydrogen-bond acceptors (Lipinski definition) is 4. The second-order valence-corrected chi connectivity index (χ2v) is 7.74. The van der Waals surface area contributed by atoms with Crippen LogP contribution in [0.15, 0.2) is 53.5 Å². The number of thiazole rings is 1. The molecule has 0 aliphatic carbocycles. The lowest BCUT2D eigenvalue weighted by atomic mass is 10.1. The van der Waals surface area contributed by atoms with E-state index in [0.717, 1.165) is 16.8 Å². The first-order valence-electron chi connectivity index (χ1n) is 8.08. The Morgan fingerprint density at radius 3 is 2.56 bits per heavy atom. The van der Waals surface area contributed by atoms with Gasteiger partial charge in [-0.2, -0.15) is 0 Å². The molecular weight excluding hydrogens is 348 g/mol. The maximum Gasteiger partial charge on any atom is 0.212 e. The van der Waals surface area contributed by atoms with E-state index in [9.17, 15) is 5.11 Å². The van der Waals surface area contributed by atoms with E-state index in [1.54, 1.807) is 10.8 Å². The Hall–Kier alpha value is -2.24. The molecule has 0 aliphatic rings. The van der Waals surface area contributed by atoms with Gasteiger partial charge >= 0.3 is 0 Å². The topological polar surface area (TPSA) is 37.5 Å². The van der Waals surface area contributed by atoms with Crippen LogP contribution in [0.1, 0.15) is 34.5 Å². The Balaban J connectivity index is 1.94. The minimum Gasteiger partial charge on any atom is -0.493 e. The van der Waals surface area contributed by atoms with Crippen LogP contribution in [0.2, 0.25) is 0 Å². The first-order valence-corrected chi connectivity index (χ1v) is 9.30. The van der Waals surface area contributed by atoms with Gasteiger partial charge in [-0.05, 0) is 50.2 Å². The fourth-order valence-electron chi connectivity index (χ4n) is 2.78. The van der Waals surface area contributed by atoms with Gasteiger partial charge in [0.25, 0.3) is 0 Å². The summed E-state index contributed by atoms with van der Waals surface area (Å²) in [5.74, 6) is 0.167. The molecule has 128 valence electrons. The van der Waals surface area contributed by atoms with Crippen molar-refractivity contribution in [1.82, 2.24) is 4.57 Å². The average Bonchev–Trinajstić information content (AvgIpc) is 2.88. The molecule has 1 atom stereocenters. The van der Waals surface area contributed by atoms with Crippen molar-refractivity contribution < 1.29 is 5.11 Å². The zero-order valence-corrected chi connectivity index (χ0v) is 16.1. The maximum atomic E-state index is 10.6. The SMILES string of the molecule is Cc1ccc(N=Cc2sc(=S)n([C@@H](C)c3ccccc3)c2O)c(C)c1. The van der Waals surface area contributed by atoms with Crippen molar-refractivity contribution in [2.75, 3.05) is 0 Å². The van der Waals surface area contributed by atoms with E-state index in [2.05, 4.69) is 18.0 Å². The molecule has 25 heavy (non-hydrogen) atoms. The van der Waals surface area contributed by atoms with Crippen molar-refractivity contribution in [3.8, 4) is 5.88 Å². The Morgan fingerprint density at radius 1 is 1.16 bits per heavy atom. The zero-order valence-electron chi connectivity index (χ0n) is 14.4. The van der Waals surface area contributed by atoms with E-state index in [0.29, 0.717) is 8.83 Å². The third-order valence-corrected chi connectivity index (χ3v) is 5.51. The van der Waals surface area contributed by atoms with E-state index < -0.39 is 0 Å². The molecule has 1 N–H and O–H groups in total. The third-order valence-electron chi connectivity index (χ3n) is 4.18. The minimum atomic E-state index is -0.0341. The molecule has 3 nitrogen and oxygen atoms in total. The Labute approximate surface area is 156 Å². The summed E-state index contributed by atoms with van der Waals surface area (Å²) >= 11 is 6.84. The Morgan fingerprint density at radius 2 is 1.88 bits per heavy atom. The number of rotatable bonds is 4. The molecule has 3 rings (SSSR count). The van der Waals surface area contributed by atoms with Crippen LogP contribution >= 0.6 is 23.6 Å². The molecule has 3 aromatic rings. The van der Waals surface area contributed by atoms with Crippen molar-refractivity contribution in [1.29, 1.82) is 0 Å². The molecule has 2 aromatic carbocycles. The second-order valence-electron chi connectivity index (χ2n) is 6.06. The predicted molar refractivity (Wildman–Crippen MR) is 108 cm³/mol. The van der Waals surface area contributed by atoms with Crippen molar-refractivity contribution in [2.24, 2.45) is 4.99 Å². The monoisotopic (exact) mass is 368 g/mol. The molecule has 0 aliphatic heterocycles. The maximum absolute atomic E-state index is 10.6. The van der Waals surface area contributed by atoms with Gasteiger partial charge in [0.15, 0.2) is 3.95 Å². The number of benzene rings is 2. The molecule has 0 saturated carbocycles. The van der Waals surface area contributed by atoms with Crippen molar-refractivity contribution in [3.63, 3.8) is 0 Å². The summed E-state index contributed by atoms with van der Waals surface area (Å²) in [4.78, 5) is 5.20. The van der Waals surface area contributed by atoms with E-state index in [4.69, 9.17) is 12.2 Å². The van der Waals surface area contributed by atoms with E-state index in [1.807, 2.05) is 56.3 Å². The van der Waals surface area contributed by atoms with Gasteiger partial charge in [0.2, 0.25) is 5.88 Å². The molecule has 0 saturated heterocycles. The normalized spacial score (nSPS) is 12.6. The molecule has 0 radical (unpaired) electrons. The summed E-state index contributed by atoms with van der Waals surface area (Å²) in [6.07, 6.45) is 1.70. The fraction of sp³-hybridized carbons (Fsp3) is 0.200. The molecule has 0 bridgehead atoms. The summed E-state index contributed by atoms with van der Waals surface area (Å²) in [7, 11) is 0. The summed E-state index contributed by atoms with van der Waals surface area (Å²) in [5, 5.41) is 10.6. The van der Waals surface area contributed by atoms with Crippen molar-refractivity contribution in [3.05, 3.63) is 74.1 Å². The van der Waals surface area contributed by atoms with E-state index in [-0.39, 0.29) is 11.9 Å². The first-order chi connectivity index (χ1) is 12.0. The molecule has 1 heterocycles. The number of aliphatic imine (C=N–C) groups is 1. The van der Waals surface area contributed by atoms with Crippen LogP contribution in [0.3, 0.4) is 0 Å². The molecular formula is C20H20N2OS2. The summed E-state index contributed by atoms with van der Waals surface area (Å²) in [6.45, 7) is 6.12. The van der Waals surface area contributed by atoms with E-state index >= 15 is 0 Å². The van der Waals surface area contributed by atoms with Gasteiger partial charge in [0.1, 0.15) is 4.88 Å². The predicted octanol–water partition coefficient (Wildman–Crippen LogP) is 5.96. The van der Waals surface area contributed by atoms with Gasteiger partial charge in [-0.25, -0.2) is 0 Å². The Kier molecular flexibility index (Phi) is 5.16. The van der Waals surface area contributed by atoms with Crippen LogP contribution in [0.25, 0.3) is 0 Å². The quantitative estimate of drug-likeness (QED) is 0.455. The average molecular weight is 369 g/mol. The second kappa shape index (κ2) is 7.33. The van der Waals surface area contributed by atoms with Crippen LogP contribution in [-0.2, 0) is 0 Å². The largest absolute Gasteiger partial charge is 0.493 e. The van der Waals surface area contributed by atoms with Gasteiger partial charge in [-0.15, -0.1) is 0 Å². The summed E-state index contributed by atoms with van der Waals surface area (Å²) in [6, 6.07) is 16.1. The van der Waals surface area contributed by atoms with Crippen LogP contribution in [0.4, 0.5) is 5.69 Å². The van der Waals surface area contributed by atoms with Crippen LogP contribution in [-0.4, -0.2) is 15.9 Å². The third kappa shape index (κ3) is 3.72.